The summed E-state index contributed by atoms with van der Waals surface area (Å²) in [6.07, 6.45) is 0. The lowest BCUT2D eigenvalue weighted by molar-refractivity contribution is 0.133. The van der Waals surface area contributed by atoms with Gasteiger partial charge < -0.3 is 15.2 Å². The number of hydrogen-bond donors (Lipinski definition) is 2. The van der Waals surface area contributed by atoms with Crippen LogP contribution < -0.4 is 5.32 Å². The first kappa shape index (κ1) is 14.6. The van der Waals surface area contributed by atoms with Crippen LogP contribution >= 0.6 is 0 Å². The molecule has 0 aliphatic heterocycles. The van der Waals surface area contributed by atoms with Crippen molar-refractivity contribution in [3.8, 4) is 5.75 Å². The zero-order valence-electron chi connectivity index (χ0n) is 11.8. The van der Waals surface area contributed by atoms with Crippen LogP contribution in [0.3, 0.4) is 0 Å². The minimum Gasteiger partial charge on any atom is -0.508 e. The minimum atomic E-state index is 0.336. The molecule has 3 nitrogen and oxygen atoms in total. The molecule has 0 heterocycles. The summed E-state index contributed by atoms with van der Waals surface area (Å²) in [4.78, 5) is 0. The van der Waals surface area contributed by atoms with E-state index in [-0.39, 0.29) is 0 Å². The van der Waals surface area contributed by atoms with Gasteiger partial charge in [0, 0.05) is 25.3 Å². The van der Waals surface area contributed by atoms with Gasteiger partial charge in [0.2, 0.25) is 0 Å². The highest BCUT2D eigenvalue weighted by molar-refractivity contribution is 5.32. The Hall–Kier alpha value is -1.84. The van der Waals surface area contributed by atoms with Gasteiger partial charge in [-0.25, -0.2) is 0 Å². The number of phenolic OH excluding ortho intramolecular Hbond substituents is 1. The van der Waals surface area contributed by atoms with Crippen molar-refractivity contribution in [3.05, 3.63) is 65.2 Å². The molecule has 3 heteroatoms. The highest BCUT2D eigenvalue weighted by Crippen LogP contribution is 2.15. The summed E-state index contributed by atoms with van der Waals surface area (Å²) >= 11 is 0. The van der Waals surface area contributed by atoms with E-state index >= 15 is 0 Å². The predicted molar refractivity (Wildman–Crippen MR) is 80.4 cm³/mol. The van der Waals surface area contributed by atoms with Gasteiger partial charge in [0.05, 0.1) is 6.61 Å². The van der Waals surface area contributed by atoms with Crippen LogP contribution in [0.4, 0.5) is 0 Å². The normalized spacial score (nSPS) is 10.7. The van der Waals surface area contributed by atoms with Crippen LogP contribution in [0.5, 0.6) is 5.75 Å². The van der Waals surface area contributed by atoms with Crippen LogP contribution in [0, 0.1) is 0 Å². The number of rotatable bonds is 7. The lowest BCUT2D eigenvalue weighted by Gasteiger charge is -2.11. The number of nitrogens with one attached hydrogen (secondary N) is 1. The predicted octanol–water partition coefficient (Wildman–Crippen LogP) is 3.22. The van der Waals surface area contributed by atoms with E-state index in [1.54, 1.807) is 6.07 Å². The minimum absolute atomic E-state index is 0.336. The van der Waals surface area contributed by atoms with E-state index in [4.69, 9.17) is 4.74 Å². The van der Waals surface area contributed by atoms with Gasteiger partial charge in [0.15, 0.2) is 0 Å². The van der Waals surface area contributed by atoms with Gasteiger partial charge in [-0.1, -0.05) is 42.5 Å². The second-order valence-electron chi connectivity index (χ2n) is 4.64. The van der Waals surface area contributed by atoms with E-state index in [1.165, 1.54) is 11.1 Å². The van der Waals surface area contributed by atoms with Crippen LogP contribution in [0.2, 0.25) is 0 Å². The molecule has 0 radical (unpaired) electrons. The Labute approximate surface area is 120 Å². The molecule has 0 bridgehead atoms. The maximum absolute atomic E-state index is 9.72. The van der Waals surface area contributed by atoms with E-state index in [2.05, 4.69) is 17.4 Å². The van der Waals surface area contributed by atoms with Gasteiger partial charge in [-0.2, -0.15) is 0 Å². The highest BCUT2D eigenvalue weighted by Gasteiger charge is 2.03. The topological polar surface area (TPSA) is 41.5 Å². The van der Waals surface area contributed by atoms with Crippen molar-refractivity contribution in [2.45, 2.75) is 26.6 Å². The molecule has 2 aromatic rings. The summed E-state index contributed by atoms with van der Waals surface area (Å²) in [5, 5.41) is 13.1. The largest absolute Gasteiger partial charge is 0.508 e. The van der Waals surface area contributed by atoms with Gasteiger partial charge >= 0.3 is 0 Å². The number of phenols is 1. The fourth-order valence-electron chi connectivity index (χ4n) is 2.07. The average Bonchev–Trinajstić information content (AvgIpc) is 2.48. The number of hydrogen-bond acceptors (Lipinski definition) is 3. The zero-order valence-corrected chi connectivity index (χ0v) is 11.8. The Morgan fingerprint density at radius 2 is 1.50 bits per heavy atom. The molecule has 106 valence electrons. The summed E-state index contributed by atoms with van der Waals surface area (Å²) in [6, 6.07) is 15.6. The Balaban J connectivity index is 1.92. The second-order valence-corrected chi connectivity index (χ2v) is 4.64. The first-order valence-electron chi connectivity index (χ1n) is 6.93. The van der Waals surface area contributed by atoms with Crippen molar-refractivity contribution in [1.29, 1.82) is 0 Å². The molecule has 0 aliphatic rings. The molecular weight excluding hydrogens is 250 g/mol. The zero-order chi connectivity index (χ0) is 14.2. The molecule has 0 aliphatic carbocycles. The van der Waals surface area contributed by atoms with E-state index in [0.717, 1.165) is 18.7 Å². The van der Waals surface area contributed by atoms with Crippen LogP contribution in [0.15, 0.2) is 48.5 Å². The third-order valence-corrected chi connectivity index (χ3v) is 3.20. The second kappa shape index (κ2) is 7.68. The molecule has 0 spiro atoms. The van der Waals surface area contributed by atoms with Crippen LogP contribution in [0.1, 0.15) is 23.6 Å². The monoisotopic (exact) mass is 271 g/mol. The van der Waals surface area contributed by atoms with Crippen molar-refractivity contribution in [2.75, 3.05) is 6.61 Å². The van der Waals surface area contributed by atoms with Gasteiger partial charge in [-0.15, -0.1) is 0 Å². The molecule has 2 N–H and O–H groups in total. The Bertz CT molecular complexity index is 540. The summed E-state index contributed by atoms with van der Waals surface area (Å²) < 4.78 is 5.48. The first-order chi connectivity index (χ1) is 9.81. The molecular formula is C17H21NO2. The Morgan fingerprint density at radius 1 is 0.900 bits per heavy atom. The Kier molecular flexibility index (Phi) is 5.59. The summed E-state index contributed by atoms with van der Waals surface area (Å²) in [5.41, 5.74) is 3.35. The van der Waals surface area contributed by atoms with E-state index < -0.39 is 0 Å². The number of para-hydroxylation sites is 1. The van der Waals surface area contributed by atoms with Gasteiger partial charge in [-0.3, -0.25) is 0 Å². The van der Waals surface area contributed by atoms with Crippen LogP contribution in [-0.4, -0.2) is 11.7 Å². The van der Waals surface area contributed by atoms with Crippen molar-refractivity contribution in [2.24, 2.45) is 0 Å². The fraction of sp³-hybridized carbons (Fsp3) is 0.294. The number of aromatic hydroxyl groups is 1. The molecule has 0 atom stereocenters. The average molecular weight is 271 g/mol. The lowest BCUT2D eigenvalue weighted by atomic mass is 10.1. The van der Waals surface area contributed by atoms with Crippen molar-refractivity contribution in [1.82, 2.24) is 5.32 Å². The number of benzene rings is 2. The molecule has 20 heavy (non-hydrogen) atoms. The summed E-state index contributed by atoms with van der Waals surface area (Å²) in [6.45, 7) is 4.77. The third kappa shape index (κ3) is 4.08. The summed E-state index contributed by atoms with van der Waals surface area (Å²) in [7, 11) is 0. The standard InChI is InChI=1S/C17H21NO2/c1-2-20-13-16-9-4-3-7-14(16)11-18-12-15-8-5-6-10-17(15)19/h3-10,18-19H,2,11-13H2,1H3. The van der Waals surface area contributed by atoms with E-state index in [0.29, 0.717) is 18.9 Å². The quantitative estimate of drug-likeness (QED) is 0.812. The molecule has 2 rings (SSSR count). The SMILES string of the molecule is CCOCc1ccccc1CNCc1ccccc1O. The van der Waals surface area contributed by atoms with E-state index in [9.17, 15) is 5.11 Å². The van der Waals surface area contributed by atoms with Crippen LogP contribution in [0.25, 0.3) is 0 Å². The molecule has 2 aromatic carbocycles. The van der Waals surface area contributed by atoms with Crippen molar-refractivity contribution in [3.63, 3.8) is 0 Å². The number of ether oxygens (including phenoxy) is 1. The van der Waals surface area contributed by atoms with Crippen LogP contribution in [-0.2, 0) is 24.4 Å². The molecule has 0 saturated carbocycles. The molecule has 0 fully saturated rings. The van der Waals surface area contributed by atoms with Gasteiger partial charge in [-0.05, 0) is 24.1 Å². The summed E-state index contributed by atoms with van der Waals surface area (Å²) in [5.74, 6) is 0.336. The smallest absolute Gasteiger partial charge is 0.120 e. The van der Waals surface area contributed by atoms with Gasteiger partial charge in [0.1, 0.15) is 5.75 Å². The molecule has 0 amide bonds. The van der Waals surface area contributed by atoms with Gasteiger partial charge in [0.25, 0.3) is 0 Å². The fourth-order valence-corrected chi connectivity index (χ4v) is 2.07. The Morgan fingerprint density at radius 3 is 2.20 bits per heavy atom. The molecule has 0 saturated heterocycles. The highest BCUT2D eigenvalue weighted by atomic mass is 16.5. The van der Waals surface area contributed by atoms with Crippen molar-refractivity contribution < 1.29 is 9.84 Å². The van der Waals surface area contributed by atoms with Crippen molar-refractivity contribution >= 4 is 0 Å². The molecule has 0 aromatic heterocycles. The lowest BCUT2D eigenvalue weighted by Crippen LogP contribution is -2.14. The van der Waals surface area contributed by atoms with E-state index in [1.807, 2.05) is 37.3 Å². The first-order valence-corrected chi connectivity index (χ1v) is 6.93. The maximum atomic E-state index is 9.72. The molecule has 0 unspecified atom stereocenters. The maximum Gasteiger partial charge on any atom is 0.120 e. The third-order valence-electron chi connectivity index (χ3n) is 3.20.